The Hall–Kier alpha value is -1.09. The minimum absolute atomic E-state index is 0.200. The Balaban J connectivity index is 2.16. The van der Waals surface area contributed by atoms with E-state index in [0.29, 0.717) is 17.8 Å². The summed E-state index contributed by atoms with van der Waals surface area (Å²) < 4.78 is 13.2. The molecule has 2 rings (SSSR count). The molecule has 0 amide bonds. The van der Waals surface area contributed by atoms with Gasteiger partial charge in [0, 0.05) is 24.3 Å². The number of rotatable bonds is 3. The van der Waals surface area contributed by atoms with Crippen molar-refractivity contribution in [3.05, 3.63) is 29.6 Å². The summed E-state index contributed by atoms with van der Waals surface area (Å²) >= 11 is 0. The summed E-state index contributed by atoms with van der Waals surface area (Å²) in [6.45, 7) is 5.22. The molecule has 0 bridgehead atoms. The topological polar surface area (TPSA) is 29.3 Å². The number of nitrogens with two attached hydrogens (primary N) is 1. The summed E-state index contributed by atoms with van der Waals surface area (Å²) in [5.74, 6) is -0.200. The van der Waals surface area contributed by atoms with Gasteiger partial charge in [-0.3, -0.25) is 4.90 Å². The number of nitrogen functional groups attached to an aromatic ring is 1. The van der Waals surface area contributed by atoms with Crippen LogP contribution in [0.25, 0.3) is 0 Å². The largest absolute Gasteiger partial charge is 0.398 e. The highest BCUT2D eigenvalue weighted by molar-refractivity contribution is 5.46. The number of halogens is 1. The SMILES string of the molecule is CCC1CCC(C)N1Cc1cc(F)ccc1N. The third-order valence-corrected chi connectivity index (χ3v) is 3.88. The van der Waals surface area contributed by atoms with Crippen LogP contribution < -0.4 is 5.73 Å². The van der Waals surface area contributed by atoms with E-state index in [1.54, 1.807) is 12.1 Å². The normalized spacial score (nSPS) is 25.4. The second kappa shape index (κ2) is 5.05. The van der Waals surface area contributed by atoms with Crippen LogP contribution >= 0.6 is 0 Å². The lowest BCUT2D eigenvalue weighted by Gasteiger charge is -2.28. The number of nitrogens with zero attached hydrogens (tertiary/aromatic N) is 1. The third-order valence-electron chi connectivity index (χ3n) is 3.88. The first-order chi connectivity index (χ1) is 8.11. The molecule has 1 aliphatic heterocycles. The summed E-state index contributed by atoms with van der Waals surface area (Å²) in [6.07, 6.45) is 3.63. The van der Waals surface area contributed by atoms with E-state index in [9.17, 15) is 4.39 Å². The molecular formula is C14H21FN2. The van der Waals surface area contributed by atoms with Crippen molar-refractivity contribution in [2.75, 3.05) is 5.73 Å². The van der Waals surface area contributed by atoms with Gasteiger partial charge in [-0.1, -0.05) is 6.92 Å². The number of anilines is 1. The Morgan fingerprint density at radius 2 is 2.18 bits per heavy atom. The molecule has 2 unspecified atom stereocenters. The maximum absolute atomic E-state index is 13.2. The Kier molecular flexibility index (Phi) is 3.67. The molecule has 1 aromatic rings. The zero-order chi connectivity index (χ0) is 12.4. The molecule has 0 aliphatic carbocycles. The number of benzene rings is 1. The molecule has 2 atom stereocenters. The first kappa shape index (κ1) is 12.4. The summed E-state index contributed by atoms with van der Waals surface area (Å²) in [7, 11) is 0. The van der Waals surface area contributed by atoms with E-state index in [1.807, 2.05) is 0 Å². The molecule has 0 aromatic heterocycles. The average Bonchev–Trinajstić information content (AvgIpc) is 2.65. The van der Waals surface area contributed by atoms with Crippen LogP contribution in [0.4, 0.5) is 10.1 Å². The van der Waals surface area contributed by atoms with E-state index < -0.39 is 0 Å². The molecule has 2 nitrogen and oxygen atoms in total. The van der Waals surface area contributed by atoms with Crippen molar-refractivity contribution in [1.82, 2.24) is 4.90 Å². The van der Waals surface area contributed by atoms with Crippen LogP contribution in [0.5, 0.6) is 0 Å². The Morgan fingerprint density at radius 3 is 2.88 bits per heavy atom. The first-order valence-electron chi connectivity index (χ1n) is 6.41. The third kappa shape index (κ3) is 2.60. The highest BCUT2D eigenvalue weighted by atomic mass is 19.1. The van der Waals surface area contributed by atoms with Crippen molar-refractivity contribution >= 4 is 5.69 Å². The van der Waals surface area contributed by atoms with Crippen molar-refractivity contribution in [3.63, 3.8) is 0 Å². The molecule has 0 radical (unpaired) electrons. The number of likely N-dealkylation sites (tertiary alicyclic amines) is 1. The van der Waals surface area contributed by atoms with E-state index in [4.69, 9.17) is 5.73 Å². The average molecular weight is 236 g/mol. The molecule has 1 aliphatic rings. The minimum atomic E-state index is -0.200. The zero-order valence-electron chi connectivity index (χ0n) is 10.6. The molecule has 1 aromatic carbocycles. The van der Waals surface area contributed by atoms with Crippen LogP contribution in [-0.4, -0.2) is 17.0 Å². The highest BCUT2D eigenvalue weighted by Crippen LogP contribution is 2.29. The summed E-state index contributed by atoms with van der Waals surface area (Å²) in [6, 6.07) is 5.83. The molecule has 0 spiro atoms. The fourth-order valence-electron chi connectivity index (χ4n) is 2.76. The molecule has 94 valence electrons. The standard InChI is InChI=1S/C14H21FN2/c1-3-13-6-4-10(2)17(13)9-11-8-12(15)5-7-14(11)16/h5,7-8,10,13H,3-4,6,9,16H2,1-2H3. The predicted octanol–water partition coefficient (Wildman–Crippen LogP) is 3.17. The van der Waals surface area contributed by atoms with Crippen LogP contribution in [0.1, 0.15) is 38.7 Å². The monoisotopic (exact) mass is 236 g/mol. The smallest absolute Gasteiger partial charge is 0.123 e. The van der Waals surface area contributed by atoms with E-state index in [2.05, 4.69) is 18.7 Å². The molecule has 0 saturated carbocycles. The van der Waals surface area contributed by atoms with Gasteiger partial charge in [-0.2, -0.15) is 0 Å². The van der Waals surface area contributed by atoms with Crippen LogP contribution in [-0.2, 0) is 6.54 Å². The van der Waals surface area contributed by atoms with E-state index in [0.717, 1.165) is 18.5 Å². The van der Waals surface area contributed by atoms with Gasteiger partial charge in [0.05, 0.1) is 0 Å². The van der Waals surface area contributed by atoms with Crippen LogP contribution in [0.2, 0.25) is 0 Å². The fourth-order valence-corrected chi connectivity index (χ4v) is 2.76. The maximum Gasteiger partial charge on any atom is 0.123 e. The van der Waals surface area contributed by atoms with Gasteiger partial charge in [0.2, 0.25) is 0 Å². The Labute approximate surface area is 103 Å². The van der Waals surface area contributed by atoms with E-state index >= 15 is 0 Å². The Morgan fingerprint density at radius 1 is 1.41 bits per heavy atom. The molecular weight excluding hydrogens is 215 g/mol. The Bertz CT molecular complexity index is 392. The second-order valence-electron chi connectivity index (χ2n) is 5.00. The van der Waals surface area contributed by atoms with Crippen molar-refractivity contribution in [2.24, 2.45) is 0 Å². The summed E-state index contributed by atoms with van der Waals surface area (Å²) in [5, 5.41) is 0. The fraction of sp³-hybridized carbons (Fsp3) is 0.571. The first-order valence-corrected chi connectivity index (χ1v) is 6.41. The summed E-state index contributed by atoms with van der Waals surface area (Å²) in [5.41, 5.74) is 7.52. The van der Waals surface area contributed by atoms with Crippen molar-refractivity contribution in [1.29, 1.82) is 0 Å². The minimum Gasteiger partial charge on any atom is -0.398 e. The number of hydrogen-bond acceptors (Lipinski definition) is 2. The van der Waals surface area contributed by atoms with Gasteiger partial charge in [-0.05, 0) is 49.9 Å². The number of hydrogen-bond donors (Lipinski definition) is 1. The van der Waals surface area contributed by atoms with Gasteiger partial charge < -0.3 is 5.73 Å². The van der Waals surface area contributed by atoms with Crippen molar-refractivity contribution in [2.45, 2.75) is 51.7 Å². The lowest BCUT2D eigenvalue weighted by Crippen LogP contribution is -2.33. The van der Waals surface area contributed by atoms with E-state index in [1.165, 1.54) is 18.9 Å². The van der Waals surface area contributed by atoms with Crippen LogP contribution in [0.3, 0.4) is 0 Å². The molecule has 2 N–H and O–H groups in total. The lowest BCUT2D eigenvalue weighted by molar-refractivity contribution is 0.190. The van der Waals surface area contributed by atoms with Gasteiger partial charge in [-0.25, -0.2) is 4.39 Å². The van der Waals surface area contributed by atoms with Gasteiger partial charge in [0.1, 0.15) is 5.82 Å². The molecule has 1 heterocycles. The molecule has 3 heteroatoms. The molecule has 1 saturated heterocycles. The van der Waals surface area contributed by atoms with Crippen LogP contribution in [0, 0.1) is 5.82 Å². The summed E-state index contributed by atoms with van der Waals surface area (Å²) in [4.78, 5) is 2.45. The van der Waals surface area contributed by atoms with Crippen molar-refractivity contribution < 1.29 is 4.39 Å². The lowest BCUT2D eigenvalue weighted by atomic mass is 10.1. The maximum atomic E-state index is 13.2. The molecule has 1 fully saturated rings. The zero-order valence-corrected chi connectivity index (χ0v) is 10.6. The predicted molar refractivity (Wildman–Crippen MR) is 69.1 cm³/mol. The van der Waals surface area contributed by atoms with Crippen molar-refractivity contribution in [3.8, 4) is 0 Å². The quantitative estimate of drug-likeness (QED) is 0.817. The van der Waals surface area contributed by atoms with E-state index in [-0.39, 0.29) is 5.82 Å². The van der Waals surface area contributed by atoms with Gasteiger partial charge in [0.25, 0.3) is 0 Å². The highest BCUT2D eigenvalue weighted by Gasteiger charge is 2.29. The van der Waals surface area contributed by atoms with Gasteiger partial charge in [0.15, 0.2) is 0 Å². The van der Waals surface area contributed by atoms with Gasteiger partial charge in [-0.15, -0.1) is 0 Å². The van der Waals surface area contributed by atoms with Crippen LogP contribution in [0.15, 0.2) is 18.2 Å². The van der Waals surface area contributed by atoms with Gasteiger partial charge >= 0.3 is 0 Å². The molecule has 17 heavy (non-hydrogen) atoms. The second-order valence-corrected chi connectivity index (χ2v) is 5.00.